The van der Waals surface area contributed by atoms with Crippen LogP contribution in [0.1, 0.15) is 5.56 Å². The zero-order chi connectivity index (χ0) is 12.3. The van der Waals surface area contributed by atoms with E-state index in [0.29, 0.717) is 18.1 Å². The SMILES string of the molecule is Nc1nc(Cl)c(N)c(NCc2ccccc2)n1. The second-order valence-electron chi connectivity index (χ2n) is 3.47. The minimum atomic E-state index is 0.0970. The topological polar surface area (TPSA) is 89.8 Å². The number of nitrogen functional groups attached to an aromatic ring is 2. The average molecular weight is 250 g/mol. The summed E-state index contributed by atoms with van der Waals surface area (Å²) in [6.07, 6.45) is 0. The molecule has 0 fully saturated rings. The standard InChI is InChI=1S/C11H12ClN5/c12-9-8(13)10(17-11(14)16-9)15-6-7-4-2-1-3-5-7/h1-5H,6,13H2,(H3,14,15,16,17). The van der Waals surface area contributed by atoms with Gasteiger partial charge >= 0.3 is 0 Å². The molecule has 0 radical (unpaired) electrons. The third kappa shape index (κ3) is 2.76. The Kier molecular flexibility index (Phi) is 3.30. The van der Waals surface area contributed by atoms with Crippen LogP contribution in [0.15, 0.2) is 30.3 Å². The van der Waals surface area contributed by atoms with Gasteiger partial charge < -0.3 is 16.8 Å². The summed E-state index contributed by atoms with van der Waals surface area (Å²) < 4.78 is 0. The Morgan fingerprint density at radius 2 is 1.82 bits per heavy atom. The molecule has 1 aromatic heterocycles. The fourth-order valence-electron chi connectivity index (χ4n) is 1.37. The first-order valence-electron chi connectivity index (χ1n) is 5.03. The van der Waals surface area contributed by atoms with Crippen molar-refractivity contribution < 1.29 is 0 Å². The molecule has 0 bridgehead atoms. The number of halogens is 1. The number of hydrogen-bond donors (Lipinski definition) is 3. The molecule has 1 heterocycles. The molecular formula is C11H12ClN5. The van der Waals surface area contributed by atoms with Crippen molar-refractivity contribution >= 4 is 29.1 Å². The van der Waals surface area contributed by atoms with Gasteiger partial charge in [-0.3, -0.25) is 0 Å². The van der Waals surface area contributed by atoms with Gasteiger partial charge in [0.15, 0.2) is 11.0 Å². The molecule has 0 unspecified atom stereocenters. The molecule has 2 aromatic rings. The van der Waals surface area contributed by atoms with Gasteiger partial charge in [-0.05, 0) is 5.56 Å². The van der Waals surface area contributed by atoms with Crippen molar-refractivity contribution in [1.29, 1.82) is 0 Å². The van der Waals surface area contributed by atoms with E-state index in [4.69, 9.17) is 23.1 Å². The zero-order valence-electron chi connectivity index (χ0n) is 9.02. The Morgan fingerprint density at radius 3 is 2.53 bits per heavy atom. The predicted molar refractivity (Wildman–Crippen MR) is 69.6 cm³/mol. The van der Waals surface area contributed by atoms with Crippen molar-refractivity contribution in [2.24, 2.45) is 0 Å². The molecule has 5 N–H and O–H groups in total. The van der Waals surface area contributed by atoms with E-state index in [0.717, 1.165) is 5.56 Å². The third-order valence-electron chi connectivity index (χ3n) is 2.22. The number of hydrogen-bond acceptors (Lipinski definition) is 5. The summed E-state index contributed by atoms with van der Waals surface area (Å²) >= 11 is 5.80. The van der Waals surface area contributed by atoms with Crippen LogP contribution in [0.3, 0.4) is 0 Å². The van der Waals surface area contributed by atoms with Crippen molar-refractivity contribution in [3.8, 4) is 0 Å². The molecule has 88 valence electrons. The van der Waals surface area contributed by atoms with Gasteiger partial charge in [0.1, 0.15) is 5.69 Å². The fourth-order valence-corrected chi connectivity index (χ4v) is 1.55. The second kappa shape index (κ2) is 4.88. The van der Waals surface area contributed by atoms with Gasteiger partial charge in [-0.25, -0.2) is 0 Å². The lowest BCUT2D eigenvalue weighted by Crippen LogP contribution is -2.08. The summed E-state index contributed by atoms with van der Waals surface area (Å²) in [7, 11) is 0. The van der Waals surface area contributed by atoms with Crippen LogP contribution in [0.2, 0.25) is 5.15 Å². The number of rotatable bonds is 3. The minimum absolute atomic E-state index is 0.0970. The fraction of sp³-hybridized carbons (Fsp3) is 0.0909. The van der Waals surface area contributed by atoms with Crippen molar-refractivity contribution in [2.75, 3.05) is 16.8 Å². The Bertz CT molecular complexity index is 515. The van der Waals surface area contributed by atoms with Gasteiger partial charge in [-0.2, -0.15) is 9.97 Å². The molecule has 0 spiro atoms. The summed E-state index contributed by atoms with van der Waals surface area (Å²) in [5, 5.41) is 3.23. The van der Waals surface area contributed by atoms with Crippen LogP contribution in [0, 0.1) is 0 Å². The molecule has 0 amide bonds. The Morgan fingerprint density at radius 1 is 1.12 bits per heavy atom. The molecule has 17 heavy (non-hydrogen) atoms. The molecule has 0 atom stereocenters. The van der Waals surface area contributed by atoms with Gasteiger partial charge in [0.05, 0.1) is 0 Å². The number of anilines is 3. The van der Waals surface area contributed by atoms with E-state index in [1.54, 1.807) is 0 Å². The summed E-state index contributed by atoms with van der Waals surface area (Å²) in [5.74, 6) is 0.547. The molecular weight excluding hydrogens is 238 g/mol. The smallest absolute Gasteiger partial charge is 0.223 e. The number of aromatic nitrogens is 2. The van der Waals surface area contributed by atoms with Crippen LogP contribution in [-0.2, 0) is 6.54 Å². The molecule has 0 aliphatic heterocycles. The monoisotopic (exact) mass is 249 g/mol. The first kappa shape index (κ1) is 11.5. The van der Waals surface area contributed by atoms with E-state index in [-0.39, 0.29) is 11.1 Å². The maximum Gasteiger partial charge on any atom is 0.223 e. The molecule has 5 nitrogen and oxygen atoms in total. The van der Waals surface area contributed by atoms with E-state index in [9.17, 15) is 0 Å². The Balaban J connectivity index is 2.14. The number of nitrogens with one attached hydrogen (secondary N) is 1. The quantitative estimate of drug-likeness (QED) is 0.723. The van der Waals surface area contributed by atoms with Gasteiger partial charge in [0, 0.05) is 6.54 Å². The normalized spacial score (nSPS) is 10.2. The Labute approximate surface area is 104 Å². The van der Waals surface area contributed by atoms with E-state index in [1.807, 2.05) is 30.3 Å². The zero-order valence-corrected chi connectivity index (χ0v) is 9.78. The first-order valence-corrected chi connectivity index (χ1v) is 5.41. The van der Waals surface area contributed by atoms with Crippen LogP contribution >= 0.6 is 11.6 Å². The second-order valence-corrected chi connectivity index (χ2v) is 3.83. The number of benzene rings is 1. The highest BCUT2D eigenvalue weighted by atomic mass is 35.5. The van der Waals surface area contributed by atoms with Gasteiger partial charge in [-0.1, -0.05) is 41.9 Å². The summed E-state index contributed by atoms with van der Waals surface area (Å²) in [4.78, 5) is 7.75. The van der Waals surface area contributed by atoms with Crippen LogP contribution < -0.4 is 16.8 Å². The largest absolute Gasteiger partial charge is 0.393 e. The minimum Gasteiger partial charge on any atom is -0.393 e. The molecule has 1 aromatic carbocycles. The van der Waals surface area contributed by atoms with Crippen molar-refractivity contribution in [3.05, 3.63) is 41.0 Å². The number of nitrogens with two attached hydrogens (primary N) is 2. The first-order chi connectivity index (χ1) is 8.16. The van der Waals surface area contributed by atoms with E-state index >= 15 is 0 Å². The highest BCUT2D eigenvalue weighted by Gasteiger charge is 2.08. The van der Waals surface area contributed by atoms with Crippen LogP contribution in [0.4, 0.5) is 17.5 Å². The molecule has 0 saturated heterocycles. The molecule has 0 aliphatic rings. The molecule has 6 heteroatoms. The van der Waals surface area contributed by atoms with Crippen molar-refractivity contribution in [1.82, 2.24) is 9.97 Å². The summed E-state index contributed by atoms with van der Waals surface area (Å²) in [5.41, 5.74) is 12.6. The van der Waals surface area contributed by atoms with E-state index in [1.165, 1.54) is 0 Å². The van der Waals surface area contributed by atoms with Crippen LogP contribution in [-0.4, -0.2) is 9.97 Å². The highest BCUT2D eigenvalue weighted by Crippen LogP contribution is 2.24. The molecule has 2 rings (SSSR count). The third-order valence-corrected chi connectivity index (χ3v) is 2.51. The molecule has 0 aliphatic carbocycles. The number of nitrogens with zero attached hydrogens (tertiary/aromatic N) is 2. The van der Waals surface area contributed by atoms with Crippen molar-refractivity contribution in [2.45, 2.75) is 6.54 Å². The highest BCUT2D eigenvalue weighted by molar-refractivity contribution is 6.32. The molecule has 0 saturated carbocycles. The lowest BCUT2D eigenvalue weighted by molar-refractivity contribution is 1.09. The summed E-state index contributed by atoms with van der Waals surface area (Å²) in [6.45, 7) is 0.595. The summed E-state index contributed by atoms with van der Waals surface area (Å²) in [6, 6.07) is 9.87. The Hall–Kier alpha value is -2.01. The van der Waals surface area contributed by atoms with Gasteiger partial charge in [0.25, 0.3) is 0 Å². The van der Waals surface area contributed by atoms with Crippen molar-refractivity contribution in [3.63, 3.8) is 0 Å². The van der Waals surface area contributed by atoms with Gasteiger partial charge in [0.2, 0.25) is 5.95 Å². The maximum atomic E-state index is 5.80. The van der Waals surface area contributed by atoms with Crippen LogP contribution in [0.5, 0.6) is 0 Å². The average Bonchev–Trinajstić information content (AvgIpc) is 2.33. The lowest BCUT2D eigenvalue weighted by atomic mass is 10.2. The van der Waals surface area contributed by atoms with E-state index in [2.05, 4.69) is 15.3 Å². The lowest BCUT2D eigenvalue weighted by Gasteiger charge is -2.09. The maximum absolute atomic E-state index is 5.80. The van der Waals surface area contributed by atoms with Crippen LogP contribution in [0.25, 0.3) is 0 Å². The van der Waals surface area contributed by atoms with E-state index < -0.39 is 0 Å². The van der Waals surface area contributed by atoms with Gasteiger partial charge in [-0.15, -0.1) is 0 Å². The predicted octanol–water partition coefficient (Wildman–Crippen LogP) is 1.91.